The normalized spacial score (nSPS) is 33.4. The van der Waals surface area contributed by atoms with Crippen LogP contribution in [0.4, 0.5) is 0 Å². The minimum Gasteiger partial charge on any atom is -0.314 e. The van der Waals surface area contributed by atoms with Crippen LogP contribution < -0.4 is 5.32 Å². The first-order chi connectivity index (χ1) is 8.22. The van der Waals surface area contributed by atoms with Crippen molar-refractivity contribution in [1.82, 2.24) is 5.32 Å². The summed E-state index contributed by atoms with van der Waals surface area (Å²) in [6, 6.07) is 0.873. The molecule has 1 N–H and O–H groups in total. The van der Waals surface area contributed by atoms with Crippen molar-refractivity contribution in [3.05, 3.63) is 0 Å². The lowest BCUT2D eigenvalue weighted by atomic mass is 9.68. The van der Waals surface area contributed by atoms with Gasteiger partial charge in [0.1, 0.15) is 0 Å². The lowest BCUT2D eigenvalue weighted by Gasteiger charge is -2.38. The first-order valence-corrected chi connectivity index (χ1v) is 7.95. The molecule has 0 saturated heterocycles. The smallest absolute Gasteiger partial charge is 0.00683 e. The zero-order chi connectivity index (χ0) is 12.3. The highest BCUT2D eigenvalue weighted by atomic mass is 14.9. The second-order valence-corrected chi connectivity index (χ2v) is 6.64. The highest BCUT2D eigenvalue weighted by molar-refractivity contribution is 4.85. The molecule has 2 fully saturated rings. The van der Waals surface area contributed by atoms with Gasteiger partial charge in [-0.3, -0.25) is 0 Å². The molecule has 0 aromatic rings. The Morgan fingerprint density at radius 1 is 1.06 bits per heavy atom. The van der Waals surface area contributed by atoms with Gasteiger partial charge in [-0.1, -0.05) is 46.5 Å². The summed E-state index contributed by atoms with van der Waals surface area (Å²) in [4.78, 5) is 0. The summed E-state index contributed by atoms with van der Waals surface area (Å²) in [5.74, 6) is 3.78. The third kappa shape index (κ3) is 3.71. The Labute approximate surface area is 108 Å². The van der Waals surface area contributed by atoms with Crippen molar-refractivity contribution in [1.29, 1.82) is 0 Å². The highest BCUT2D eigenvalue weighted by Gasteiger charge is 2.31. The van der Waals surface area contributed by atoms with E-state index in [4.69, 9.17) is 0 Å². The van der Waals surface area contributed by atoms with Crippen molar-refractivity contribution < 1.29 is 0 Å². The van der Waals surface area contributed by atoms with Crippen molar-refractivity contribution in [3.8, 4) is 0 Å². The van der Waals surface area contributed by atoms with Gasteiger partial charge in [0.2, 0.25) is 0 Å². The van der Waals surface area contributed by atoms with Crippen LogP contribution in [0, 0.1) is 23.7 Å². The summed E-state index contributed by atoms with van der Waals surface area (Å²) in [6.45, 7) is 8.61. The number of hydrogen-bond donors (Lipinski definition) is 1. The molecule has 2 rings (SSSR count). The van der Waals surface area contributed by atoms with Gasteiger partial charge >= 0.3 is 0 Å². The number of nitrogens with one attached hydrogen (secondary N) is 1. The maximum Gasteiger partial charge on any atom is 0.00683 e. The van der Waals surface area contributed by atoms with E-state index in [0.29, 0.717) is 0 Å². The van der Waals surface area contributed by atoms with E-state index in [0.717, 1.165) is 29.7 Å². The predicted octanol–water partition coefficient (Wildman–Crippen LogP) is 4.23. The van der Waals surface area contributed by atoms with Gasteiger partial charge in [-0.15, -0.1) is 0 Å². The standard InChI is InChI=1S/C16H31N/c1-4-14-7-5-6-8-16(14)13(3)12(2)11-17-15-9-10-15/h12-17H,4-11H2,1-3H3. The molecule has 4 atom stereocenters. The van der Waals surface area contributed by atoms with Gasteiger partial charge in [-0.2, -0.15) is 0 Å². The Bertz CT molecular complexity index is 222. The SMILES string of the molecule is CCC1CCCCC1C(C)C(C)CNC1CC1. The highest BCUT2D eigenvalue weighted by Crippen LogP contribution is 2.39. The maximum atomic E-state index is 3.71. The number of rotatable bonds is 6. The molecule has 1 nitrogen and oxygen atoms in total. The van der Waals surface area contributed by atoms with Crippen molar-refractivity contribution in [3.63, 3.8) is 0 Å². The van der Waals surface area contributed by atoms with Gasteiger partial charge in [0, 0.05) is 6.04 Å². The topological polar surface area (TPSA) is 12.0 Å². The Morgan fingerprint density at radius 3 is 2.41 bits per heavy atom. The molecule has 0 aromatic carbocycles. The van der Waals surface area contributed by atoms with Crippen LogP contribution in [0.25, 0.3) is 0 Å². The van der Waals surface area contributed by atoms with Crippen molar-refractivity contribution in [2.75, 3.05) is 6.54 Å². The Balaban J connectivity index is 1.80. The van der Waals surface area contributed by atoms with E-state index in [2.05, 4.69) is 26.1 Å². The first-order valence-electron chi connectivity index (χ1n) is 7.95. The van der Waals surface area contributed by atoms with Crippen LogP contribution in [0.2, 0.25) is 0 Å². The van der Waals surface area contributed by atoms with E-state index < -0.39 is 0 Å². The third-order valence-corrected chi connectivity index (χ3v) is 5.37. The van der Waals surface area contributed by atoms with Gasteiger partial charge in [-0.05, 0) is 49.5 Å². The van der Waals surface area contributed by atoms with Crippen molar-refractivity contribution in [2.24, 2.45) is 23.7 Å². The summed E-state index contributed by atoms with van der Waals surface area (Å²) in [7, 11) is 0. The van der Waals surface area contributed by atoms with Crippen LogP contribution in [-0.4, -0.2) is 12.6 Å². The van der Waals surface area contributed by atoms with E-state index in [1.54, 1.807) is 0 Å². The summed E-state index contributed by atoms with van der Waals surface area (Å²) in [5.41, 5.74) is 0. The summed E-state index contributed by atoms with van der Waals surface area (Å²) < 4.78 is 0. The number of hydrogen-bond acceptors (Lipinski definition) is 1. The molecule has 0 heterocycles. The Morgan fingerprint density at radius 2 is 1.76 bits per heavy atom. The largest absolute Gasteiger partial charge is 0.314 e. The molecule has 0 radical (unpaired) electrons. The van der Waals surface area contributed by atoms with E-state index in [1.807, 2.05) is 0 Å². The molecule has 1 heteroatoms. The van der Waals surface area contributed by atoms with E-state index in [1.165, 1.54) is 51.5 Å². The van der Waals surface area contributed by atoms with Gasteiger partial charge in [0.25, 0.3) is 0 Å². The summed E-state index contributed by atoms with van der Waals surface area (Å²) in [5, 5.41) is 3.71. The van der Waals surface area contributed by atoms with Crippen LogP contribution >= 0.6 is 0 Å². The van der Waals surface area contributed by atoms with Gasteiger partial charge in [0.15, 0.2) is 0 Å². The summed E-state index contributed by atoms with van der Waals surface area (Å²) >= 11 is 0. The summed E-state index contributed by atoms with van der Waals surface area (Å²) in [6.07, 6.45) is 10.2. The van der Waals surface area contributed by atoms with Crippen LogP contribution in [0.1, 0.15) is 65.7 Å². The Kier molecular flexibility index (Phi) is 4.90. The minimum atomic E-state index is 0.854. The van der Waals surface area contributed by atoms with Gasteiger partial charge in [-0.25, -0.2) is 0 Å². The second-order valence-electron chi connectivity index (χ2n) is 6.64. The minimum absolute atomic E-state index is 0.854. The molecule has 0 amide bonds. The van der Waals surface area contributed by atoms with E-state index >= 15 is 0 Å². The van der Waals surface area contributed by atoms with Crippen LogP contribution in [0.5, 0.6) is 0 Å². The predicted molar refractivity (Wildman–Crippen MR) is 75.1 cm³/mol. The molecular weight excluding hydrogens is 206 g/mol. The van der Waals surface area contributed by atoms with Gasteiger partial charge < -0.3 is 5.32 Å². The molecule has 0 spiro atoms. The van der Waals surface area contributed by atoms with Gasteiger partial charge in [0.05, 0.1) is 0 Å². The zero-order valence-corrected chi connectivity index (χ0v) is 12.0. The van der Waals surface area contributed by atoms with Crippen LogP contribution in [0.3, 0.4) is 0 Å². The molecule has 2 aliphatic rings. The molecule has 0 aliphatic heterocycles. The lowest BCUT2D eigenvalue weighted by Crippen LogP contribution is -2.34. The molecule has 17 heavy (non-hydrogen) atoms. The Hall–Kier alpha value is -0.0400. The molecule has 100 valence electrons. The van der Waals surface area contributed by atoms with E-state index in [9.17, 15) is 0 Å². The molecular formula is C16H31N. The molecule has 2 saturated carbocycles. The monoisotopic (exact) mass is 237 g/mol. The molecule has 4 unspecified atom stereocenters. The van der Waals surface area contributed by atoms with Crippen LogP contribution in [0.15, 0.2) is 0 Å². The van der Waals surface area contributed by atoms with Crippen molar-refractivity contribution in [2.45, 2.75) is 71.8 Å². The van der Waals surface area contributed by atoms with Crippen molar-refractivity contribution >= 4 is 0 Å². The van der Waals surface area contributed by atoms with Crippen LogP contribution in [-0.2, 0) is 0 Å². The molecule has 0 aromatic heterocycles. The fourth-order valence-corrected chi connectivity index (χ4v) is 3.68. The molecule has 2 aliphatic carbocycles. The quantitative estimate of drug-likeness (QED) is 0.729. The maximum absolute atomic E-state index is 3.71. The fourth-order valence-electron chi connectivity index (χ4n) is 3.68. The lowest BCUT2D eigenvalue weighted by molar-refractivity contribution is 0.128. The average molecular weight is 237 g/mol. The zero-order valence-electron chi connectivity index (χ0n) is 12.0. The fraction of sp³-hybridized carbons (Fsp3) is 1.00. The third-order valence-electron chi connectivity index (χ3n) is 5.37. The molecule has 0 bridgehead atoms. The first kappa shape index (κ1) is 13.4. The second kappa shape index (κ2) is 6.22. The van der Waals surface area contributed by atoms with E-state index in [-0.39, 0.29) is 0 Å². The average Bonchev–Trinajstić information content (AvgIpc) is 3.19.